The first kappa shape index (κ1) is 12.0. The zero-order valence-electron chi connectivity index (χ0n) is 9.10. The van der Waals surface area contributed by atoms with E-state index in [4.69, 9.17) is 23.2 Å². The van der Waals surface area contributed by atoms with Crippen LogP contribution in [0.2, 0.25) is 10.0 Å². The summed E-state index contributed by atoms with van der Waals surface area (Å²) in [5, 5.41) is 8.10. The van der Waals surface area contributed by atoms with Crippen molar-refractivity contribution >= 4 is 28.9 Å². The standard InChI is InChI=1S/C12H16Cl2N2/c13-10-4-1-5-11(12(10)14)16-9-3-2-7-15-8-6-9/h1,4-5,9,15-16H,2-3,6-8H2. The molecule has 1 atom stereocenters. The average Bonchev–Trinajstić information content (AvgIpc) is 2.53. The molecule has 2 nitrogen and oxygen atoms in total. The van der Waals surface area contributed by atoms with E-state index in [0.717, 1.165) is 25.2 Å². The second-order valence-corrected chi connectivity index (χ2v) is 4.91. The Labute approximate surface area is 106 Å². The lowest BCUT2D eigenvalue weighted by Gasteiger charge is -2.18. The van der Waals surface area contributed by atoms with Crippen molar-refractivity contribution in [3.8, 4) is 0 Å². The Hall–Kier alpha value is -0.440. The van der Waals surface area contributed by atoms with Crippen LogP contribution in [0.4, 0.5) is 5.69 Å². The summed E-state index contributed by atoms with van der Waals surface area (Å²) in [5.74, 6) is 0. The maximum Gasteiger partial charge on any atom is 0.0823 e. The summed E-state index contributed by atoms with van der Waals surface area (Å²) < 4.78 is 0. The summed E-state index contributed by atoms with van der Waals surface area (Å²) in [7, 11) is 0. The highest BCUT2D eigenvalue weighted by Gasteiger charge is 2.13. The van der Waals surface area contributed by atoms with Gasteiger partial charge in [-0.15, -0.1) is 0 Å². The van der Waals surface area contributed by atoms with Gasteiger partial charge in [0, 0.05) is 6.04 Å². The lowest BCUT2D eigenvalue weighted by atomic mass is 10.1. The Balaban J connectivity index is 2.04. The third kappa shape index (κ3) is 3.03. The number of benzene rings is 1. The number of hydrogen-bond donors (Lipinski definition) is 2. The molecule has 1 aromatic carbocycles. The molecule has 1 aromatic rings. The fourth-order valence-electron chi connectivity index (χ4n) is 2.00. The first-order valence-electron chi connectivity index (χ1n) is 5.68. The number of nitrogens with one attached hydrogen (secondary N) is 2. The van der Waals surface area contributed by atoms with Crippen molar-refractivity contribution in [1.82, 2.24) is 5.32 Å². The first-order valence-corrected chi connectivity index (χ1v) is 6.44. The molecule has 0 saturated carbocycles. The minimum absolute atomic E-state index is 0.492. The lowest BCUT2D eigenvalue weighted by molar-refractivity contribution is 0.637. The van der Waals surface area contributed by atoms with Crippen LogP contribution in [-0.2, 0) is 0 Å². The van der Waals surface area contributed by atoms with Crippen LogP contribution in [0, 0.1) is 0 Å². The molecule has 1 aliphatic heterocycles. The molecule has 1 unspecified atom stereocenters. The predicted molar refractivity (Wildman–Crippen MR) is 70.6 cm³/mol. The van der Waals surface area contributed by atoms with E-state index in [2.05, 4.69) is 10.6 Å². The summed E-state index contributed by atoms with van der Waals surface area (Å²) >= 11 is 12.1. The molecule has 2 rings (SSSR count). The second kappa shape index (κ2) is 5.76. The Bertz CT molecular complexity index is 347. The molecule has 1 aliphatic rings. The molecule has 0 aromatic heterocycles. The highest BCUT2D eigenvalue weighted by atomic mass is 35.5. The van der Waals surface area contributed by atoms with Gasteiger partial charge in [-0.2, -0.15) is 0 Å². The number of halogens is 2. The van der Waals surface area contributed by atoms with Crippen LogP contribution in [0.5, 0.6) is 0 Å². The van der Waals surface area contributed by atoms with E-state index in [1.807, 2.05) is 18.2 Å². The van der Waals surface area contributed by atoms with Gasteiger partial charge in [0.2, 0.25) is 0 Å². The molecule has 0 radical (unpaired) electrons. The Morgan fingerprint density at radius 2 is 2.06 bits per heavy atom. The monoisotopic (exact) mass is 258 g/mol. The first-order chi connectivity index (χ1) is 7.77. The van der Waals surface area contributed by atoms with Gasteiger partial charge in [0.1, 0.15) is 0 Å². The molecular weight excluding hydrogens is 243 g/mol. The summed E-state index contributed by atoms with van der Waals surface area (Å²) in [6.07, 6.45) is 3.51. The summed E-state index contributed by atoms with van der Waals surface area (Å²) in [4.78, 5) is 0. The zero-order valence-corrected chi connectivity index (χ0v) is 10.6. The van der Waals surface area contributed by atoms with Crippen LogP contribution in [-0.4, -0.2) is 19.1 Å². The van der Waals surface area contributed by atoms with Crippen LogP contribution < -0.4 is 10.6 Å². The maximum absolute atomic E-state index is 6.14. The van der Waals surface area contributed by atoms with Crippen LogP contribution in [0.25, 0.3) is 0 Å². The van der Waals surface area contributed by atoms with Crippen molar-refractivity contribution in [2.24, 2.45) is 0 Å². The van der Waals surface area contributed by atoms with E-state index >= 15 is 0 Å². The molecule has 4 heteroatoms. The minimum atomic E-state index is 0.492. The summed E-state index contributed by atoms with van der Waals surface area (Å²) in [5.41, 5.74) is 0.945. The molecular formula is C12H16Cl2N2. The van der Waals surface area contributed by atoms with E-state index in [-0.39, 0.29) is 0 Å². The second-order valence-electron chi connectivity index (χ2n) is 4.12. The molecule has 16 heavy (non-hydrogen) atoms. The largest absolute Gasteiger partial charge is 0.381 e. The number of anilines is 1. The summed E-state index contributed by atoms with van der Waals surface area (Å²) in [6.45, 7) is 2.18. The van der Waals surface area contributed by atoms with Gasteiger partial charge < -0.3 is 10.6 Å². The molecule has 1 fully saturated rings. The third-order valence-corrected chi connectivity index (χ3v) is 3.71. The zero-order chi connectivity index (χ0) is 11.4. The fourth-order valence-corrected chi connectivity index (χ4v) is 2.35. The van der Waals surface area contributed by atoms with Gasteiger partial charge in [-0.05, 0) is 44.5 Å². The van der Waals surface area contributed by atoms with Gasteiger partial charge in [-0.1, -0.05) is 29.3 Å². The van der Waals surface area contributed by atoms with Crippen LogP contribution in [0.1, 0.15) is 19.3 Å². The van der Waals surface area contributed by atoms with Crippen molar-refractivity contribution in [2.75, 3.05) is 18.4 Å². The average molecular weight is 259 g/mol. The lowest BCUT2D eigenvalue weighted by Crippen LogP contribution is -2.21. The molecule has 0 aliphatic carbocycles. The van der Waals surface area contributed by atoms with Gasteiger partial charge >= 0.3 is 0 Å². The van der Waals surface area contributed by atoms with Gasteiger partial charge in [0.15, 0.2) is 0 Å². The molecule has 0 amide bonds. The van der Waals surface area contributed by atoms with Crippen LogP contribution in [0.15, 0.2) is 18.2 Å². The fraction of sp³-hybridized carbons (Fsp3) is 0.500. The highest BCUT2D eigenvalue weighted by Crippen LogP contribution is 2.30. The molecule has 0 spiro atoms. The van der Waals surface area contributed by atoms with E-state index in [1.54, 1.807) is 0 Å². The maximum atomic E-state index is 6.14. The van der Waals surface area contributed by atoms with Gasteiger partial charge in [0.05, 0.1) is 15.7 Å². The van der Waals surface area contributed by atoms with Crippen molar-refractivity contribution < 1.29 is 0 Å². The highest BCUT2D eigenvalue weighted by molar-refractivity contribution is 6.43. The molecule has 1 heterocycles. The quantitative estimate of drug-likeness (QED) is 0.848. The number of rotatable bonds is 2. The smallest absolute Gasteiger partial charge is 0.0823 e. The number of hydrogen-bond acceptors (Lipinski definition) is 2. The van der Waals surface area contributed by atoms with Crippen molar-refractivity contribution in [2.45, 2.75) is 25.3 Å². The van der Waals surface area contributed by atoms with E-state index in [0.29, 0.717) is 16.1 Å². The predicted octanol–water partition coefficient (Wildman–Crippen LogP) is 3.55. The van der Waals surface area contributed by atoms with Gasteiger partial charge in [-0.3, -0.25) is 0 Å². The minimum Gasteiger partial charge on any atom is -0.381 e. The van der Waals surface area contributed by atoms with Crippen LogP contribution >= 0.6 is 23.2 Å². The Kier molecular flexibility index (Phi) is 4.33. The van der Waals surface area contributed by atoms with E-state index < -0.39 is 0 Å². The SMILES string of the molecule is Clc1cccc(NC2CCCNCC2)c1Cl. The Morgan fingerprint density at radius 3 is 2.94 bits per heavy atom. The third-order valence-electron chi connectivity index (χ3n) is 2.89. The normalized spacial score (nSPS) is 21.5. The molecule has 0 bridgehead atoms. The van der Waals surface area contributed by atoms with Crippen molar-refractivity contribution in [1.29, 1.82) is 0 Å². The molecule has 88 valence electrons. The van der Waals surface area contributed by atoms with Crippen LogP contribution in [0.3, 0.4) is 0 Å². The van der Waals surface area contributed by atoms with Crippen molar-refractivity contribution in [3.05, 3.63) is 28.2 Å². The molecule has 2 N–H and O–H groups in total. The van der Waals surface area contributed by atoms with Gasteiger partial charge in [0.25, 0.3) is 0 Å². The molecule has 1 saturated heterocycles. The van der Waals surface area contributed by atoms with E-state index in [1.165, 1.54) is 12.8 Å². The van der Waals surface area contributed by atoms with Crippen molar-refractivity contribution in [3.63, 3.8) is 0 Å². The topological polar surface area (TPSA) is 24.1 Å². The van der Waals surface area contributed by atoms with E-state index in [9.17, 15) is 0 Å². The Morgan fingerprint density at radius 1 is 1.19 bits per heavy atom. The summed E-state index contributed by atoms with van der Waals surface area (Å²) in [6, 6.07) is 6.20. The van der Waals surface area contributed by atoms with Gasteiger partial charge in [-0.25, -0.2) is 0 Å².